The highest BCUT2D eigenvalue weighted by molar-refractivity contribution is 7.99. The fourth-order valence-electron chi connectivity index (χ4n) is 2.83. The first-order chi connectivity index (χ1) is 14.1. The molecule has 0 radical (unpaired) electrons. The molecule has 0 aliphatic heterocycles. The van der Waals surface area contributed by atoms with Crippen molar-refractivity contribution in [2.75, 3.05) is 5.75 Å². The van der Waals surface area contributed by atoms with Crippen LogP contribution < -0.4 is 5.32 Å². The summed E-state index contributed by atoms with van der Waals surface area (Å²) in [4.78, 5) is 17.8. The Bertz CT molecular complexity index is 1120. The second-order valence-electron chi connectivity index (χ2n) is 6.59. The number of fused-ring (bicyclic) bond motifs is 1. The summed E-state index contributed by atoms with van der Waals surface area (Å²) < 4.78 is 5.87. The second kappa shape index (κ2) is 8.75. The Morgan fingerprint density at radius 1 is 1.24 bits per heavy atom. The van der Waals surface area contributed by atoms with E-state index in [9.17, 15) is 4.79 Å². The van der Waals surface area contributed by atoms with Gasteiger partial charge in [0, 0.05) is 11.4 Å². The van der Waals surface area contributed by atoms with Crippen LogP contribution in [0.3, 0.4) is 0 Å². The summed E-state index contributed by atoms with van der Waals surface area (Å²) >= 11 is 2.87. The van der Waals surface area contributed by atoms with E-state index in [2.05, 4.69) is 15.5 Å². The van der Waals surface area contributed by atoms with Crippen LogP contribution in [0.25, 0.3) is 32.9 Å². The molecule has 8 heteroatoms. The van der Waals surface area contributed by atoms with Crippen molar-refractivity contribution in [1.29, 1.82) is 0 Å². The predicted octanol–water partition coefficient (Wildman–Crippen LogP) is 5.02. The van der Waals surface area contributed by atoms with E-state index in [1.807, 2.05) is 61.7 Å². The highest BCUT2D eigenvalue weighted by Crippen LogP contribution is 2.33. The van der Waals surface area contributed by atoms with E-state index in [0.29, 0.717) is 11.1 Å². The van der Waals surface area contributed by atoms with Gasteiger partial charge in [0.2, 0.25) is 11.8 Å². The fourth-order valence-corrected chi connectivity index (χ4v) is 4.09. The number of nitrogens with zero attached hydrogens (tertiary/aromatic N) is 3. The third kappa shape index (κ3) is 4.49. The third-order valence-electron chi connectivity index (χ3n) is 4.47. The molecule has 0 bridgehead atoms. The van der Waals surface area contributed by atoms with Gasteiger partial charge in [-0.1, -0.05) is 43.0 Å². The number of hydrogen-bond donors (Lipinski definition) is 1. The molecule has 0 fully saturated rings. The molecular formula is C21H20N4O2S2. The number of nitrogens with one attached hydrogen (secondary N) is 1. The number of carbonyl (C=O) groups is 1. The van der Waals surface area contributed by atoms with Crippen molar-refractivity contribution in [3.8, 4) is 22.0 Å². The summed E-state index contributed by atoms with van der Waals surface area (Å²) in [6.07, 6.45) is 0.892. The molecule has 3 aromatic heterocycles. The van der Waals surface area contributed by atoms with Gasteiger partial charge in [0.1, 0.15) is 0 Å². The first kappa shape index (κ1) is 19.6. The van der Waals surface area contributed by atoms with Crippen LogP contribution in [0, 0.1) is 0 Å². The topological polar surface area (TPSA) is 80.9 Å². The fraction of sp³-hybridized carbons (Fsp3) is 0.238. The number of carbonyl (C=O) groups excluding carboxylic acids is 1. The Hall–Kier alpha value is -2.71. The SMILES string of the molecule is CC[C@@H](C)NC(=O)CSc1nnc(-c2cc(-c3cccs3)nc3ccccc23)o1. The molecule has 4 aromatic rings. The molecule has 0 aliphatic carbocycles. The van der Waals surface area contributed by atoms with E-state index in [4.69, 9.17) is 9.40 Å². The van der Waals surface area contributed by atoms with Gasteiger partial charge < -0.3 is 9.73 Å². The molecule has 1 aromatic carbocycles. The lowest BCUT2D eigenvalue weighted by molar-refractivity contribution is -0.119. The van der Waals surface area contributed by atoms with Crippen molar-refractivity contribution in [2.45, 2.75) is 31.5 Å². The van der Waals surface area contributed by atoms with Gasteiger partial charge in [0.25, 0.3) is 5.22 Å². The van der Waals surface area contributed by atoms with Gasteiger partial charge >= 0.3 is 0 Å². The maximum atomic E-state index is 12.0. The molecule has 148 valence electrons. The maximum Gasteiger partial charge on any atom is 0.277 e. The molecule has 0 unspecified atom stereocenters. The second-order valence-corrected chi connectivity index (χ2v) is 8.46. The monoisotopic (exact) mass is 424 g/mol. The maximum absolute atomic E-state index is 12.0. The molecular weight excluding hydrogens is 404 g/mol. The van der Waals surface area contributed by atoms with Crippen LogP contribution in [0.1, 0.15) is 20.3 Å². The van der Waals surface area contributed by atoms with E-state index in [0.717, 1.165) is 33.5 Å². The van der Waals surface area contributed by atoms with Crippen molar-refractivity contribution >= 4 is 39.9 Å². The lowest BCUT2D eigenvalue weighted by atomic mass is 10.1. The zero-order chi connectivity index (χ0) is 20.2. The molecule has 0 saturated carbocycles. The van der Waals surface area contributed by atoms with Crippen molar-refractivity contribution < 1.29 is 9.21 Å². The lowest BCUT2D eigenvalue weighted by Gasteiger charge is -2.09. The van der Waals surface area contributed by atoms with Crippen molar-refractivity contribution in [1.82, 2.24) is 20.5 Å². The van der Waals surface area contributed by atoms with Crippen molar-refractivity contribution in [3.05, 3.63) is 47.8 Å². The molecule has 29 heavy (non-hydrogen) atoms. The minimum atomic E-state index is -0.0431. The summed E-state index contributed by atoms with van der Waals surface area (Å²) in [7, 11) is 0. The number of thiophene rings is 1. The minimum absolute atomic E-state index is 0.0431. The van der Waals surface area contributed by atoms with Crippen LogP contribution >= 0.6 is 23.1 Å². The number of benzene rings is 1. The number of para-hydroxylation sites is 1. The van der Waals surface area contributed by atoms with E-state index in [1.165, 1.54) is 11.8 Å². The zero-order valence-electron chi connectivity index (χ0n) is 16.1. The van der Waals surface area contributed by atoms with Gasteiger partial charge in [0.15, 0.2) is 0 Å². The lowest BCUT2D eigenvalue weighted by Crippen LogP contribution is -2.33. The van der Waals surface area contributed by atoms with Crippen LogP contribution in [0.4, 0.5) is 0 Å². The molecule has 1 amide bonds. The van der Waals surface area contributed by atoms with Crippen LogP contribution in [0.5, 0.6) is 0 Å². The molecule has 3 heterocycles. The molecule has 4 rings (SSSR count). The van der Waals surface area contributed by atoms with Gasteiger partial charge in [-0.05, 0) is 36.9 Å². The molecule has 0 aliphatic rings. The van der Waals surface area contributed by atoms with Gasteiger partial charge in [0.05, 0.1) is 27.4 Å². The number of thioether (sulfide) groups is 1. The van der Waals surface area contributed by atoms with E-state index < -0.39 is 0 Å². The van der Waals surface area contributed by atoms with Crippen molar-refractivity contribution in [3.63, 3.8) is 0 Å². The van der Waals surface area contributed by atoms with Crippen LogP contribution in [0.2, 0.25) is 0 Å². The van der Waals surface area contributed by atoms with Crippen molar-refractivity contribution in [2.24, 2.45) is 0 Å². The van der Waals surface area contributed by atoms with Crippen LogP contribution in [-0.2, 0) is 4.79 Å². The predicted molar refractivity (Wildman–Crippen MR) is 117 cm³/mol. The molecule has 1 N–H and O–H groups in total. The summed E-state index contributed by atoms with van der Waals surface area (Å²) in [6, 6.07) is 14.1. The molecule has 0 saturated heterocycles. The Labute approximate surface area is 176 Å². The Morgan fingerprint density at radius 3 is 2.90 bits per heavy atom. The average molecular weight is 425 g/mol. The number of hydrogen-bond acceptors (Lipinski definition) is 7. The minimum Gasteiger partial charge on any atom is -0.411 e. The summed E-state index contributed by atoms with van der Waals surface area (Å²) in [5.74, 6) is 0.619. The van der Waals surface area contributed by atoms with Gasteiger partial charge in [-0.15, -0.1) is 21.5 Å². The van der Waals surface area contributed by atoms with E-state index in [1.54, 1.807) is 11.3 Å². The molecule has 1 atom stereocenters. The first-order valence-corrected chi connectivity index (χ1v) is 11.2. The Balaban J connectivity index is 1.61. The van der Waals surface area contributed by atoms with Crippen LogP contribution in [0.15, 0.2) is 57.5 Å². The largest absolute Gasteiger partial charge is 0.411 e. The van der Waals surface area contributed by atoms with Gasteiger partial charge in [-0.25, -0.2) is 4.98 Å². The number of rotatable bonds is 7. The van der Waals surface area contributed by atoms with E-state index >= 15 is 0 Å². The van der Waals surface area contributed by atoms with Gasteiger partial charge in [-0.3, -0.25) is 4.79 Å². The highest BCUT2D eigenvalue weighted by atomic mass is 32.2. The zero-order valence-corrected chi connectivity index (χ0v) is 17.7. The molecule has 0 spiro atoms. The van der Waals surface area contributed by atoms with Gasteiger partial charge in [-0.2, -0.15) is 0 Å². The number of amides is 1. The third-order valence-corrected chi connectivity index (χ3v) is 6.18. The summed E-state index contributed by atoms with van der Waals surface area (Å²) in [5, 5.41) is 14.6. The highest BCUT2D eigenvalue weighted by Gasteiger charge is 2.16. The summed E-state index contributed by atoms with van der Waals surface area (Å²) in [5.41, 5.74) is 2.57. The smallest absolute Gasteiger partial charge is 0.277 e. The normalized spacial score (nSPS) is 12.2. The van der Waals surface area contributed by atoms with E-state index in [-0.39, 0.29) is 17.7 Å². The standard InChI is InChI=1S/C21H20N4O2S2/c1-3-13(2)22-19(26)12-29-21-25-24-20(27-21)15-11-17(18-9-6-10-28-18)23-16-8-5-4-7-14(15)16/h4-11,13H,3,12H2,1-2H3,(H,22,26)/t13-/m1/s1. The Morgan fingerprint density at radius 2 is 2.10 bits per heavy atom. The summed E-state index contributed by atoms with van der Waals surface area (Å²) in [6.45, 7) is 4.01. The quantitative estimate of drug-likeness (QED) is 0.420. The molecule has 6 nitrogen and oxygen atoms in total. The van der Waals surface area contributed by atoms with Crippen LogP contribution in [-0.4, -0.2) is 32.9 Å². The average Bonchev–Trinajstić information content (AvgIpc) is 3.43. The number of pyridine rings is 1. The number of aromatic nitrogens is 3. The Kier molecular flexibility index (Phi) is 5.92. The first-order valence-electron chi connectivity index (χ1n) is 9.33.